The van der Waals surface area contributed by atoms with Crippen molar-refractivity contribution in [3.05, 3.63) is 36.5 Å². The van der Waals surface area contributed by atoms with Gasteiger partial charge in [-0.2, -0.15) is 0 Å². The first-order chi connectivity index (χ1) is 25.8. The normalized spacial score (nSPS) is 13.7. The van der Waals surface area contributed by atoms with Gasteiger partial charge in [0.25, 0.3) is 0 Å². The van der Waals surface area contributed by atoms with Crippen LogP contribution in [-0.2, 0) is 32.7 Å². The Morgan fingerprint density at radius 2 is 1.06 bits per heavy atom. The number of esters is 2. The quantitative estimate of drug-likeness (QED) is 0.0156. The van der Waals surface area contributed by atoms with Gasteiger partial charge in [0.2, 0.25) is 0 Å². The lowest BCUT2D eigenvalue weighted by Gasteiger charge is -2.19. The lowest BCUT2D eigenvalue weighted by atomic mass is 10.1. The fourth-order valence-corrected chi connectivity index (χ4v) is 6.65. The summed E-state index contributed by atoms with van der Waals surface area (Å²) in [6.07, 6.45) is 43.8. The molecule has 53 heavy (non-hydrogen) atoms. The molecule has 0 aromatic heterocycles. The Bertz CT molecular complexity index is 970. The van der Waals surface area contributed by atoms with E-state index in [1.54, 1.807) is 6.08 Å². The molecule has 0 aliphatic rings. The van der Waals surface area contributed by atoms with Crippen LogP contribution in [0.2, 0.25) is 0 Å². The molecule has 0 rings (SSSR count). The van der Waals surface area contributed by atoms with E-state index in [1.165, 1.54) is 134 Å². The summed E-state index contributed by atoms with van der Waals surface area (Å²) in [7, 11) is -4.40. The van der Waals surface area contributed by atoms with Crippen molar-refractivity contribution in [2.45, 2.75) is 200 Å². The lowest BCUT2D eigenvalue weighted by molar-refractivity contribution is -0.157. The summed E-state index contributed by atoms with van der Waals surface area (Å²) in [4.78, 5) is 34.7. The minimum absolute atomic E-state index is 0.0402. The summed E-state index contributed by atoms with van der Waals surface area (Å²) in [5.74, 6) is -1.08. The van der Waals surface area contributed by atoms with Gasteiger partial charge in [-0.05, 0) is 44.9 Å². The highest BCUT2D eigenvalue weighted by Crippen LogP contribution is 2.43. The monoisotopic (exact) mass is 770 g/mol. The number of allylic oxidation sites excluding steroid dienone is 5. The van der Waals surface area contributed by atoms with Crippen LogP contribution in [0.15, 0.2) is 36.5 Å². The maximum atomic E-state index is 12.5. The minimum atomic E-state index is -4.40. The summed E-state index contributed by atoms with van der Waals surface area (Å²) < 4.78 is 32.5. The van der Waals surface area contributed by atoms with Gasteiger partial charge >= 0.3 is 19.8 Å². The molecule has 0 aromatic carbocycles. The Kier molecular flexibility index (Phi) is 38.6. The van der Waals surface area contributed by atoms with E-state index in [0.29, 0.717) is 6.42 Å². The first kappa shape index (κ1) is 51.2. The molecule has 0 bridgehead atoms. The topological polar surface area (TPSA) is 134 Å². The third kappa shape index (κ3) is 39.7. The van der Waals surface area contributed by atoms with Gasteiger partial charge in [-0.1, -0.05) is 173 Å². The first-order valence-electron chi connectivity index (χ1n) is 21.5. The Morgan fingerprint density at radius 1 is 0.604 bits per heavy atom. The van der Waals surface area contributed by atoms with E-state index in [1.807, 2.05) is 12.2 Å². The maximum Gasteiger partial charge on any atom is 0.472 e. The predicted molar refractivity (Wildman–Crippen MR) is 220 cm³/mol. The van der Waals surface area contributed by atoms with Crippen LogP contribution in [0.25, 0.3) is 0 Å². The maximum absolute atomic E-state index is 12.5. The number of carbonyl (C=O) groups is 2. The second kappa shape index (κ2) is 39.9. The van der Waals surface area contributed by atoms with Crippen LogP contribution in [0, 0.1) is 0 Å². The molecule has 0 aliphatic carbocycles. The fourth-order valence-electron chi connectivity index (χ4n) is 5.89. The van der Waals surface area contributed by atoms with Gasteiger partial charge in [-0.15, -0.1) is 0 Å². The Balaban J connectivity index is 4.25. The van der Waals surface area contributed by atoms with E-state index in [-0.39, 0.29) is 26.2 Å². The Morgan fingerprint density at radius 3 is 1.55 bits per heavy atom. The van der Waals surface area contributed by atoms with Crippen molar-refractivity contribution >= 4 is 19.8 Å². The molecule has 3 N–H and O–H groups in total. The molecule has 0 spiro atoms. The molecule has 0 heterocycles. The van der Waals surface area contributed by atoms with Crippen LogP contribution in [0.4, 0.5) is 0 Å². The van der Waals surface area contributed by atoms with Crippen molar-refractivity contribution in [3.8, 4) is 0 Å². The molecule has 9 nitrogen and oxygen atoms in total. The zero-order valence-electron chi connectivity index (χ0n) is 34.0. The summed E-state index contributed by atoms with van der Waals surface area (Å²) in [6.45, 7) is 3.60. The second-order valence-corrected chi connectivity index (χ2v) is 15.7. The SMILES string of the molecule is CCCCCCCC/C=C/CCCCCCCCCC(=O)OC[C@H](COP(=O)(O)OCCN)OC(=O)/C=C/C=C/CCCCCCCCCCCCC. The number of ether oxygens (including phenoxy) is 2. The number of unbranched alkanes of at least 4 members (excludes halogenated alkanes) is 24. The van der Waals surface area contributed by atoms with E-state index < -0.39 is 32.5 Å². The molecule has 310 valence electrons. The number of rotatable bonds is 40. The van der Waals surface area contributed by atoms with Crippen molar-refractivity contribution in [2.24, 2.45) is 5.73 Å². The van der Waals surface area contributed by atoms with E-state index in [2.05, 4.69) is 26.0 Å². The highest BCUT2D eigenvalue weighted by molar-refractivity contribution is 7.47. The van der Waals surface area contributed by atoms with Crippen LogP contribution in [0.5, 0.6) is 0 Å². The van der Waals surface area contributed by atoms with Gasteiger partial charge in [0.05, 0.1) is 13.2 Å². The highest BCUT2D eigenvalue weighted by atomic mass is 31.2. The minimum Gasteiger partial charge on any atom is -0.462 e. The molecule has 0 fully saturated rings. The fraction of sp³-hybridized carbons (Fsp3) is 0.814. The van der Waals surface area contributed by atoms with Gasteiger partial charge in [0.1, 0.15) is 6.61 Å². The summed E-state index contributed by atoms with van der Waals surface area (Å²) >= 11 is 0. The van der Waals surface area contributed by atoms with Crippen molar-refractivity contribution in [3.63, 3.8) is 0 Å². The number of carbonyl (C=O) groups excluding carboxylic acids is 2. The molecule has 2 atom stereocenters. The molecule has 0 aliphatic heterocycles. The molecule has 1 unspecified atom stereocenters. The van der Waals surface area contributed by atoms with Crippen molar-refractivity contribution in [1.29, 1.82) is 0 Å². The molecule has 0 amide bonds. The average molecular weight is 770 g/mol. The van der Waals surface area contributed by atoms with Gasteiger partial charge in [-0.3, -0.25) is 13.8 Å². The Hall–Kier alpha value is -1.77. The van der Waals surface area contributed by atoms with Crippen molar-refractivity contribution < 1.29 is 37.6 Å². The summed E-state index contributed by atoms with van der Waals surface area (Å²) in [5.41, 5.74) is 5.33. The van der Waals surface area contributed by atoms with Crippen LogP contribution in [-0.4, -0.2) is 49.3 Å². The average Bonchev–Trinajstić information content (AvgIpc) is 3.14. The smallest absolute Gasteiger partial charge is 0.462 e. The van der Waals surface area contributed by atoms with E-state index in [4.69, 9.17) is 24.3 Å². The number of hydrogen-bond donors (Lipinski definition) is 2. The third-order valence-electron chi connectivity index (χ3n) is 9.11. The molecular weight excluding hydrogens is 689 g/mol. The molecule has 0 radical (unpaired) electrons. The lowest BCUT2D eigenvalue weighted by Crippen LogP contribution is -2.29. The molecular formula is C43H80NO8P. The van der Waals surface area contributed by atoms with E-state index in [9.17, 15) is 19.0 Å². The van der Waals surface area contributed by atoms with Crippen LogP contribution >= 0.6 is 7.82 Å². The summed E-state index contributed by atoms with van der Waals surface area (Å²) in [5, 5.41) is 0. The standard InChI is InChI=1S/C43H80NO8P/c1-3-5-7-9-11-13-15-17-19-20-22-23-25-27-29-31-33-35-42(45)49-39-41(40-51-53(47,48)50-38-37-44)52-43(46)36-34-32-30-28-26-24-21-18-16-14-12-10-8-6-4-2/h17,19,30,32,34,36,41H,3-16,18,20-29,31,33,35,37-40,44H2,1-2H3,(H,47,48)/b19-17+,32-30+,36-34+/t41-/m1/s1. The number of phosphoric acid groups is 1. The van der Waals surface area contributed by atoms with Crippen LogP contribution in [0.1, 0.15) is 194 Å². The predicted octanol–water partition coefficient (Wildman–Crippen LogP) is 12.2. The Labute approximate surface area is 324 Å². The summed E-state index contributed by atoms with van der Waals surface area (Å²) in [6, 6.07) is 0. The highest BCUT2D eigenvalue weighted by Gasteiger charge is 2.25. The molecule has 10 heteroatoms. The van der Waals surface area contributed by atoms with Crippen LogP contribution in [0.3, 0.4) is 0 Å². The largest absolute Gasteiger partial charge is 0.472 e. The van der Waals surface area contributed by atoms with Gasteiger partial charge in [-0.25, -0.2) is 9.36 Å². The number of phosphoric ester groups is 1. The molecule has 0 saturated heterocycles. The van der Waals surface area contributed by atoms with Gasteiger partial charge in [0, 0.05) is 19.0 Å². The number of hydrogen-bond acceptors (Lipinski definition) is 8. The zero-order chi connectivity index (χ0) is 38.9. The van der Waals surface area contributed by atoms with Gasteiger partial charge < -0.3 is 20.1 Å². The molecule has 0 aromatic rings. The van der Waals surface area contributed by atoms with E-state index >= 15 is 0 Å². The zero-order valence-corrected chi connectivity index (χ0v) is 34.9. The molecule has 0 saturated carbocycles. The van der Waals surface area contributed by atoms with Crippen LogP contribution < -0.4 is 5.73 Å². The van der Waals surface area contributed by atoms with Crippen molar-refractivity contribution in [2.75, 3.05) is 26.4 Å². The second-order valence-electron chi connectivity index (χ2n) is 14.3. The first-order valence-corrected chi connectivity index (χ1v) is 23.0. The third-order valence-corrected chi connectivity index (χ3v) is 10.1. The van der Waals surface area contributed by atoms with E-state index in [0.717, 1.165) is 38.5 Å². The van der Waals surface area contributed by atoms with Gasteiger partial charge in [0.15, 0.2) is 6.10 Å². The number of nitrogens with two attached hydrogens (primary N) is 1. The van der Waals surface area contributed by atoms with Crippen molar-refractivity contribution in [1.82, 2.24) is 0 Å².